The predicted molar refractivity (Wildman–Crippen MR) is 89.5 cm³/mol. The van der Waals surface area contributed by atoms with Crippen LogP contribution in [0.1, 0.15) is 27.7 Å². The molecule has 0 saturated heterocycles. The van der Waals surface area contributed by atoms with E-state index in [1.807, 2.05) is 0 Å². The lowest BCUT2D eigenvalue weighted by molar-refractivity contribution is 0.101. The first-order valence-electron chi connectivity index (χ1n) is 7.19. The Hall–Kier alpha value is -0.480. The number of benzene rings is 1. The van der Waals surface area contributed by atoms with E-state index < -0.39 is 6.10 Å². The van der Waals surface area contributed by atoms with Crippen LogP contribution < -0.4 is 10.1 Å². The van der Waals surface area contributed by atoms with Gasteiger partial charge < -0.3 is 15.2 Å². The molecular formula is C16H25Cl2NO2. The van der Waals surface area contributed by atoms with E-state index in [-0.39, 0.29) is 12.0 Å². The Kier molecular flexibility index (Phi) is 7.28. The minimum atomic E-state index is -0.584. The molecule has 0 spiro atoms. The molecule has 2 N–H and O–H groups in total. The van der Waals surface area contributed by atoms with Gasteiger partial charge in [-0.1, -0.05) is 50.9 Å². The van der Waals surface area contributed by atoms with Gasteiger partial charge in [-0.2, -0.15) is 0 Å². The van der Waals surface area contributed by atoms with Gasteiger partial charge in [0.05, 0.1) is 5.02 Å². The van der Waals surface area contributed by atoms with Gasteiger partial charge >= 0.3 is 0 Å². The van der Waals surface area contributed by atoms with E-state index in [4.69, 9.17) is 27.9 Å². The van der Waals surface area contributed by atoms with Crippen LogP contribution in [0.25, 0.3) is 0 Å². The topological polar surface area (TPSA) is 41.5 Å². The largest absolute Gasteiger partial charge is 0.489 e. The molecule has 1 aromatic rings. The Bertz CT molecular complexity index is 450. The van der Waals surface area contributed by atoms with Crippen LogP contribution in [0.3, 0.4) is 0 Å². The van der Waals surface area contributed by atoms with Crippen molar-refractivity contribution in [3.63, 3.8) is 0 Å². The van der Waals surface area contributed by atoms with Gasteiger partial charge in [0.15, 0.2) is 0 Å². The van der Waals surface area contributed by atoms with Crippen molar-refractivity contribution in [3.05, 3.63) is 28.2 Å². The summed E-state index contributed by atoms with van der Waals surface area (Å²) in [5.74, 6) is 1.11. The second-order valence-electron chi connectivity index (χ2n) is 6.31. The monoisotopic (exact) mass is 333 g/mol. The summed E-state index contributed by atoms with van der Waals surface area (Å²) in [7, 11) is 0. The van der Waals surface area contributed by atoms with Crippen molar-refractivity contribution >= 4 is 23.2 Å². The van der Waals surface area contributed by atoms with Crippen LogP contribution in [0.15, 0.2) is 18.2 Å². The van der Waals surface area contributed by atoms with Crippen molar-refractivity contribution in [2.24, 2.45) is 11.3 Å². The molecule has 1 atom stereocenters. The molecule has 0 fully saturated rings. The maximum atomic E-state index is 9.93. The Labute approximate surface area is 137 Å². The molecule has 0 aliphatic heterocycles. The molecule has 0 heterocycles. The summed E-state index contributed by atoms with van der Waals surface area (Å²) in [6, 6.07) is 5.03. The summed E-state index contributed by atoms with van der Waals surface area (Å²) >= 11 is 11.8. The third kappa shape index (κ3) is 6.43. The van der Waals surface area contributed by atoms with E-state index >= 15 is 0 Å². The normalized spacial score (nSPS) is 13.5. The number of hydrogen-bond donors (Lipinski definition) is 2. The quantitative estimate of drug-likeness (QED) is 0.755. The number of halogens is 2. The van der Waals surface area contributed by atoms with Crippen LogP contribution in [0.5, 0.6) is 5.75 Å². The van der Waals surface area contributed by atoms with Crippen molar-refractivity contribution in [1.29, 1.82) is 0 Å². The highest BCUT2D eigenvalue weighted by atomic mass is 35.5. The van der Waals surface area contributed by atoms with Crippen LogP contribution in [-0.2, 0) is 0 Å². The second-order valence-corrected chi connectivity index (χ2v) is 7.16. The summed E-state index contributed by atoms with van der Waals surface area (Å²) in [5.41, 5.74) is 0.195. The second kappa shape index (κ2) is 8.23. The first kappa shape index (κ1) is 18.6. The van der Waals surface area contributed by atoms with Gasteiger partial charge in [-0.05, 0) is 29.5 Å². The molecule has 0 aliphatic carbocycles. The van der Waals surface area contributed by atoms with Crippen molar-refractivity contribution in [3.8, 4) is 5.75 Å². The van der Waals surface area contributed by atoms with E-state index in [0.717, 1.165) is 6.54 Å². The van der Waals surface area contributed by atoms with Gasteiger partial charge in [-0.15, -0.1) is 0 Å². The first-order chi connectivity index (χ1) is 9.72. The Morgan fingerprint density at radius 3 is 2.52 bits per heavy atom. The lowest BCUT2D eigenvalue weighted by Gasteiger charge is -2.30. The van der Waals surface area contributed by atoms with Gasteiger partial charge in [0.2, 0.25) is 0 Å². The molecule has 1 aromatic carbocycles. The van der Waals surface area contributed by atoms with Gasteiger partial charge in [0.1, 0.15) is 18.5 Å². The van der Waals surface area contributed by atoms with Crippen LogP contribution in [-0.4, -0.2) is 30.9 Å². The van der Waals surface area contributed by atoms with E-state index in [0.29, 0.717) is 28.3 Å². The number of nitrogens with one attached hydrogen (secondary N) is 1. The highest BCUT2D eigenvalue weighted by molar-refractivity contribution is 6.35. The smallest absolute Gasteiger partial charge is 0.138 e. The molecule has 0 amide bonds. The first-order valence-corrected chi connectivity index (χ1v) is 7.94. The zero-order valence-electron chi connectivity index (χ0n) is 13.1. The lowest BCUT2D eigenvalue weighted by Crippen LogP contribution is -2.39. The molecule has 0 aromatic heterocycles. The van der Waals surface area contributed by atoms with Crippen LogP contribution in [0.2, 0.25) is 10.0 Å². The van der Waals surface area contributed by atoms with E-state index in [1.54, 1.807) is 18.2 Å². The molecule has 120 valence electrons. The van der Waals surface area contributed by atoms with E-state index in [2.05, 4.69) is 33.0 Å². The van der Waals surface area contributed by atoms with Crippen LogP contribution in [0.4, 0.5) is 0 Å². The van der Waals surface area contributed by atoms with E-state index in [1.165, 1.54) is 0 Å². The Morgan fingerprint density at radius 2 is 1.95 bits per heavy atom. The summed E-state index contributed by atoms with van der Waals surface area (Å²) in [5, 5.41) is 14.2. The average Bonchev–Trinajstić information content (AvgIpc) is 2.37. The highest BCUT2D eigenvalue weighted by Crippen LogP contribution is 2.27. The molecule has 3 nitrogen and oxygen atoms in total. The minimum absolute atomic E-state index is 0.191. The summed E-state index contributed by atoms with van der Waals surface area (Å²) in [4.78, 5) is 0. The molecule has 0 aliphatic rings. The van der Waals surface area contributed by atoms with Crippen molar-refractivity contribution < 1.29 is 9.84 Å². The number of hydrogen-bond acceptors (Lipinski definition) is 3. The number of rotatable bonds is 8. The van der Waals surface area contributed by atoms with Gasteiger partial charge in [-0.3, -0.25) is 0 Å². The third-order valence-electron chi connectivity index (χ3n) is 3.85. The van der Waals surface area contributed by atoms with Crippen molar-refractivity contribution in [2.75, 3.05) is 19.7 Å². The fourth-order valence-corrected chi connectivity index (χ4v) is 2.07. The maximum absolute atomic E-state index is 9.93. The molecule has 0 radical (unpaired) electrons. The molecule has 5 heteroatoms. The average molecular weight is 334 g/mol. The van der Waals surface area contributed by atoms with Gasteiger partial charge in [0.25, 0.3) is 0 Å². The standard InChI is InChI=1S/C16H25Cl2NO2/c1-11(2)16(3,4)10-19-8-13(20)9-21-15-6-5-12(17)7-14(15)18/h5-7,11,13,19-20H,8-10H2,1-4H3. The fourth-order valence-electron chi connectivity index (χ4n) is 1.60. The number of aliphatic hydroxyl groups excluding tert-OH is 1. The van der Waals surface area contributed by atoms with Crippen molar-refractivity contribution in [2.45, 2.75) is 33.8 Å². The lowest BCUT2D eigenvalue weighted by atomic mass is 9.81. The van der Waals surface area contributed by atoms with Crippen LogP contribution in [0, 0.1) is 11.3 Å². The molecule has 1 rings (SSSR count). The number of ether oxygens (including phenoxy) is 1. The predicted octanol–water partition coefficient (Wildman–Crippen LogP) is 4.00. The third-order valence-corrected chi connectivity index (χ3v) is 4.38. The minimum Gasteiger partial charge on any atom is -0.489 e. The van der Waals surface area contributed by atoms with Crippen molar-refractivity contribution in [1.82, 2.24) is 5.32 Å². The summed E-state index contributed by atoms with van der Waals surface area (Å²) < 4.78 is 5.50. The molecule has 21 heavy (non-hydrogen) atoms. The molecule has 0 bridgehead atoms. The zero-order chi connectivity index (χ0) is 16.0. The number of aliphatic hydroxyl groups is 1. The van der Waals surface area contributed by atoms with Crippen LogP contribution >= 0.6 is 23.2 Å². The summed E-state index contributed by atoms with van der Waals surface area (Å²) in [6.07, 6.45) is -0.584. The fraction of sp³-hybridized carbons (Fsp3) is 0.625. The highest BCUT2D eigenvalue weighted by Gasteiger charge is 2.22. The zero-order valence-corrected chi connectivity index (χ0v) is 14.6. The summed E-state index contributed by atoms with van der Waals surface area (Å²) in [6.45, 7) is 10.3. The Morgan fingerprint density at radius 1 is 1.29 bits per heavy atom. The Balaban J connectivity index is 2.33. The SMILES string of the molecule is CC(C)C(C)(C)CNCC(O)COc1ccc(Cl)cc1Cl. The van der Waals surface area contributed by atoms with E-state index in [9.17, 15) is 5.11 Å². The van der Waals surface area contributed by atoms with Gasteiger partial charge in [-0.25, -0.2) is 0 Å². The molecular weight excluding hydrogens is 309 g/mol. The molecule has 1 unspecified atom stereocenters. The molecule has 0 saturated carbocycles. The van der Waals surface area contributed by atoms with Gasteiger partial charge in [0, 0.05) is 18.1 Å². The maximum Gasteiger partial charge on any atom is 0.138 e.